The van der Waals surface area contributed by atoms with Crippen LogP contribution in [0.5, 0.6) is 0 Å². The van der Waals surface area contributed by atoms with Crippen LogP contribution in [0, 0.1) is 0 Å². The van der Waals surface area contributed by atoms with Crippen molar-refractivity contribution in [3.05, 3.63) is 70.8 Å². The Bertz CT molecular complexity index is 812. The first-order valence-electron chi connectivity index (χ1n) is 8.98. The van der Waals surface area contributed by atoms with E-state index in [9.17, 15) is 14.7 Å². The van der Waals surface area contributed by atoms with Gasteiger partial charge in [-0.25, -0.2) is 0 Å². The zero-order chi connectivity index (χ0) is 18.1. The molecular weight excluding hydrogens is 330 g/mol. The fourth-order valence-corrected chi connectivity index (χ4v) is 3.78. The maximum absolute atomic E-state index is 12.4. The highest BCUT2D eigenvalue weighted by molar-refractivity contribution is 6.21. The van der Waals surface area contributed by atoms with Gasteiger partial charge in [0.25, 0.3) is 11.8 Å². The van der Waals surface area contributed by atoms with Crippen molar-refractivity contribution < 1.29 is 19.4 Å². The van der Waals surface area contributed by atoms with E-state index in [2.05, 4.69) is 12.1 Å². The molecule has 26 heavy (non-hydrogen) atoms. The summed E-state index contributed by atoms with van der Waals surface area (Å²) < 4.78 is 5.93. The average Bonchev–Trinajstić information content (AvgIpc) is 2.91. The second kappa shape index (κ2) is 7.02. The van der Waals surface area contributed by atoms with Crippen molar-refractivity contribution in [1.29, 1.82) is 0 Å². The molecule has 0 aromatic heterocycles. The van der Waals surface area contributed by atoms with Crippen LogP contribution in [0.4, 0.5) is 0 Å². The van der Waals surface area contributed by atoms with Crippen LogP contribution >= 0.6 is 0 Å². The van der Waals surface area contributed by atoms with E-state index in [1.54, 1.807) is 24.3 Å². The number of amides is 2. The number of nitrogens with zero attached hydrogens (tertiary/aromatic N) is 1. The minimum atomic E-state index is -0.911. The van der Waals surface area contributed by atoms with E-state index < -0.39 is 6.10 Å². The van der Waals surface area contributed by atoms with Crippen LogP contribution in [0.25, 0.3) is 0 Å². The van der Waals surface area contributed by atoms with Gasteiger partial charge in [0, 0.05) is 0 Å². The van der Waals surface area contributed by atoms with Crippen LogP contribution in [0.2, 0.25) is 0 Å². The number of aliphatic hydroxyl groups is 1. The number of carbonyl (C=O) groups is 2. The highest BCUT2D eigenvalue weighted by Crippen LogP contribution is 2.32. The van der Waals surface area contributed by atoms with Crippen LogP contribution in [0.1, 0.15) is 50.8 Å². The van der Waals surface area contributed by atoms with Crippen LogP contribution in [0.3, 0.4) is 0 Å². The van der Waals surface area contributed by atoms with E-state index in [0.717, 1.165) is 24.2 Å². The number of aliphatic hydroxyl groups excluding tert-OH is 1. The standard InChI is InChI=1S/C21H21NO4/c23-15(12-22-20(24)17-9-3-4-10-18(17)21(22)25)13-26-19-11-5-7-14-6-1-2-8-16(14)19/h1-4,6,8-10,15,19,23H,5,7,11-13H2/t15-,19+/m1/s1. The lowest BCUT2D eigenvalue weighted by atomic mass is 9.89. The number of fused-ring (bicyclic) bond motifs is 2. The first-order valence-corrected chi connectivity index (χ1v) is 8.98. The van der Waals surface area contributed by atoms with Crippen LogP contribution in [-0.2, 0) is 11.2 Å². The molecule has 1 N–H and O–H groups in total. The molecule has 5 heteroatoms. The van der Waals surface area contributed by atoms with E-state index in [0.29, 0.717) is 11.1 Å². The van der Waals surface area contributed by atoms with E-state index in [4.69, 9.17) is 4.74 Å². The van der Waals surface area contributed by atoms with Crippen molar-refractivity contribution in [2.75, 3.05) is 13.2 Å². The second-order valence-electron chi connectivity index (χ2n) is 6.83. The third-order valence-corrected chi connectivity index (χ3v) is 5.08. The topological polar surface area (TPSA) is 66.8 Å². The molecule has 1 heterocycles. The lowest BCUT2D eigenvalue weighted by Crippen LogP contribution is -2.39. The van der Waals surface area contributed by atoms with Gasteiger partial charge in [0.15, 0.2) is 0 Å². The molecule has 0 saturated heterocycles. The fourth-order valence-electron chi connectivity index (χ4n) is 3.78. The van der Waals surface area contributed by atoms with Gasteiger partial charge in [-0.2, -0.15) is 0 Å². The molecule has 0 unspecified atom stereocenters. The number of ether oxygens (including phenoxy) is 1. The summed E-state index contributed by atoms with van der Waals surface area (Å²) in [6, 6.07) is 14.9. The predicted molar refractivity (Wildman–Crippen MR) is 95.9 cm³/mol. The summed E-state index contributed by atoms with van der Waals surface area (Å²) in [6.07, 6.45) is 2.06. The summed E-state index contributed by atoms with van der Waals surface area (Å²) >= 11 is 0. The van der Waals surface area contributed by atoms with Crippen molar-refractivity contribution in [3.63, 3.8) is 0 Å². The summed E-state index contributed by atoms with van der Waals surface area (Å²) in [5.41, 5.74) is 3.25. The van der Waals surface area contributed by atoms with Crippen LogP contribution < -0.4 is 0 Å². The number of carbonyl (C=O) groups excluding carboxylic acids is 2. The van der Waals surface area contributed by atoms with E-state index in [1.165, 1.54) is 11.1 Å². The normalized spacial score (nSPS) is 20.0. The summed E-state index contributed by atoms with van der Waals surface area (Å²) in [4.78, 5) is 25.8. The Morgan fingerprint density at radius 3 is 2.42 bits per heavy atom. The number of aryl methyl sites for hydroxylation is 1. The van der Waals surface area contributed by atoms with Crippen molar-refractivity contribution in [1.82, 2.24) is 4.90 Å². The van der Waals surface area contributed by atoms with Gasteiger partial charge in [0.05, 0.1) is 36.5 Å². The third-order valence-electron chi connectivity index (χ3n) is 5.08. The van der Waals surface area contributed by atoms with Crippen molar-refractivity contribution in [2.24, 2.45) is 0 Å². The zero-order valence-electron chi connectivity index (χ0n) is 14.4. The minimum absolute atomic E-state index is 0.0446. The van der Waals surface area contributed by atoms with E-state index in [-0.39, 0.29) is 31.1 Å². The molecule has 2 aliphatic rings. The molecular formula is C21H21NO4. The van der Waals surface area contributed by atoms with Gasteiger partial charge in [0.1, 0.15) is 0 Å². The minimum Gasteiger partial charge on any atom is -0.389 e. The number of hydrogen-bond acceptors (Lipinski definition) is 4. The molecule has 4 rings (SSSR count). The fraction of sp³-hybridized carbons (Fsp3) is 0.333. The molecule has 2 aromatic rings. The first-order chi connectivity index (χ1) is 12.6. The largest absolute Gasteiger partial charge is 0.389 e. The van der Waals surface area contributed by atoms with Gasteiger partial charge in [-0.15, -0.1) is 0 Å². The lowest BCUT2D eigenvalue weighted by Gasteiger charge is -2.27. The molecule has 5 nitrogen and oxygen atoms in total. The van der Waals surface area contributed by atoms with E-state index in [1.807, 2.05) is 12.1 Å². The number of rotatable bonds is 5. The number of hydrogen-bond donors (Lipinski definition) is 1. The SMILES string of the molecule is O=C1c2ccccc2C(=O)N1C[C@@H](O)CO[C@H]1CCCc2ccccc21. The van der Waals surface area contributed by atoms with Gasteiger partial charge >= 0.3 is 0 Å². The molecule has 1 aliphatic carbocycles. The van der Waals surface area contributed by atoms with Gasteiger partial charge in [0.2, 0.25) is 0 Å². The Labute approximate surface area is 152 Å². The summed E-state index contributed by atoms with van der Waals surface area (Å²) in [7, 11) is 0. The summed E-state index contributed by atoms with van der Waals surface area (Å²) in [5.74, 6) is -0.708. The molecule has 134 valence electrons. The van der Waals surface area contributed by atoms with Gasteiger partial charge in [-0.3, -0.25) is 14.5 Å². The van der Waals surface area contributed by atoms with E-state index >= 15 is 0 Å². The quantitative estimate of drug-likeness (QED) is 0.841. The summed E-state index contributed by atoms with van der Waals surface area (Å²) in [6.45, 7) is 0.0348. The molecule has 2 aromatic carbocycles. The molecule has 0 spiro atoms. The third kappa shape index (κ3) is 3.04. The molecule has 2 amide bonds. The Hall–Kier alpha value is -2.50. The Morgan fingerprint density at radius 1 is 1.04 bits per heavy atom. The maximum atomic E-state index is 12.4. The monoisotopic (exact) mass is 351 g/mol. The number of benzene rings is 2. The highest BCUT2D eigenvalue weighted by Gasteiger charge is 2.36. The summed E-state index contributed by atoms with van der Waals surface area (Å²) in [5, 5.41) is 10.3. The van der Waals surface area contributed by atoms with Crippen molar-refractivity contribution in [3.8, 4) is 0 Å². The Morgan fingerprint density at radius 2 is 1.69 bits per heavy atom. The zero-order valence-corrected chi connectivity index (χ0v) is 14.4. The van der Waals surface area contributed by atoms with Crippen LogP contribution in [0.15, 0.2) is 48.5 Å². The van der Waals surface area contributed by atoms with Gasteiger partial charge < -0.3 is 9.84 Å². The van der Waals surface area contributed by atoms with Gasteiger partial charge in [-0.1, -0.05) is 36.4 Å². The number of imide groups is 1. The first kappa shape index (κ1) is 16.9. The average molecular weight is 351 g/mol. The molecule has 0 bridgehead atoms. The van der Waals surface area contributed by atoms with Crippen LogP contribution in [-0.4, -0.2) is 41.1 Å². The molecule has 0 saturated carbocycles. The van der Waals surface area contributed by atoms with Crippen molar-refractivity contribution >= 4 is 11.8 Å². The number of β-amino-alcohol motifs (C(OH)–C–C–N with tert-alkyl or cyclic N) is 1. The smallest absolute Gasteiger partial charge is 0.261 e. The molecule has 1 aliphatic heterocycles. The predicted octanol–water partition coefficient (Wildman–Crippen LogP) is 2.74. The Kier molecular flexibility index (Phi) is 4.57. The van der Waals surface area contributed by atoms with Crippen molar-refractivity contribution in [2.45, 2.75) is 31.5 Å². The molecule has 0 fully saturated rings. The second-order valence-corrected chi connectivity index (χ2v) is 6.83. The maximum Gasteiger partial charge on any atom is 0.261 e. The Balaban J connectivity index is 1.38. The lowest BCUT2D eigenvalue weighted by molar-refractivity contribution is -0.0242. The highest BCUT2D eigenvalue weighted by atomic mass is 16.5. The molecule has 0 radical (unpaired) electrons. The molecule has 2 atom stereocenters. The van der Waals surface area contributed by atoms with Gasteiger partial charge in [-0.05, 0) is 42.5 Å².